The maximum absolute atomic E-state index is 13.3. The lowest BCUT2D eigenvalue weighted by Crippen LogP contribution is -2.33. The smallest absolute Gasteiger partial charge is 0.222 e. The summed E-state index contributed by atoms with van der Waals surface area (Å²) < 4.78 is 28.2. The summed E-state index contributed by atoms with van der Waals surface area (Å²) in [6, 6.07) is 4.18. The minimum atomic E-state index is -0.857. The second-order valence-electron chi connectivity index (χ2n) is 5.83. The van der Waals surface area contributed by atoms with Crippen LogP contribution < -0.4 is 0 Å². The van der Waals surface area contributed by atoms with E-state index in [0.717, 1.165) is 24.7 Å². The number of hydrogen-bond donors (Lipinski definition) is 0. The van der Waals surface area contributed by atoms with Crippen LogP contribution in [0.5, 0.6) is 0 Å². The molecule has 1 heterocycles. The first-order chi connectivity index (χ1) is 11.1. The van der Waals surface area contributed by atoms with Crippen molar-refractivity contribution in [1.29, 1.82) is 0 Å². The van der Waals surface area contributed by atoms with Crippen LogP contribution in [0, 0.1) is 11.6 Å². The lowest BCUT2D eigenvalue weighted by Gasteiger charge is -2.22. The third-order valence-electron chi connectivity index (χ3n) is 4.06. The van der Waals surface area contributed by atoms with Gasteiger partial charge in [-0.3, -0.25) is 4.79 Å². The first kappa shape index (κ1) is 15.6. The fraction of sp³-hybridized carbons (Fsp3) is 0.412. The number of nitrogens with zero attached hydrogens (tertiary/aromatic N) is 3. The molecule has 1 fully saturated rings. The van der Waals surface area contributed by atoms with E-state index >= 15 is 0 Å². The summed E-state index contributed by atoms with van der Waals surface area (Å²) in [5.41, 5.74) is 0.655. The van der Waals surface area contributed by atoms with E-state index in [1.165, 1.54) is 6.07 Å². The molecule has 0 unspecified atom stereocenters. The molecular weight excluding hydrogens is 300 g/mol. The van der Waals surface area contributed by atoms with E-state index in [9.17, 15) is 13.6 Å². The van der Waals surface area contributed by atoms with Crippen LogP contribution in [0.1, 0.15) is 37.6 Å². The van der Waals surface area contributed by atoms with Crippen molar-refractivity contribution >= 4 is 5.91 Å². The van der Waals surface area contributed by atoms with Gasteiger partial charge < -0.3 is 9.47 Å². The van der Waals surface area contributed by atoms with Crippen molar-refractivity contribution < 1.29 is 13.6 Å². The van der Waals surface area contributed by atoms with E-state index in [2.05, 4.69) is 4.98 Å². The molecule has 23 heavy (non-hydrogen) atoms. The topological polar surface area (TPSA) is 38.1 Å². The molecule has 0 saturated heterocycles. The summed E-state index contributed by atoms with van der Waals surface area (Å²) in [6.07, 6.45) is 6.00. The largest absolute Gasteiger partial charge is 0.332 e. The number of imidazole rings is 1. The quantitative estimate of drug-likeness (QED) is 0.820. The Balaban J connectivity index is 1.76. The molecule has 1 aromatic heterocycles. The number of carbonyl (C=O) groups is 1. The highest BCUT2D eigenvalue weighted by Crippen LogP contribution is 2.28. The van der Waals surface area contributed by atoms with E-state index < -0.39 is 11.6 Å². The Morgan fingerprint density at radius 3 is 2.78 bits per heavy atom. The summed E-state index contributed by atoms with van der Waals surface area (Å²) in [5, 5.41) is 0. The van der Waals surface area contributed by atoms with Gasteiger partial charge in [-0.25, -0.2) is 13.8 Å². The van der Waals surface area contributed by atoms with E-state index in [0.29, 0.717) is 31.1 Å². The van der Waals surface area contributed by atoms with Gasteiger partial charge >= 0.3 is 0 Å². The summed E-state index contributed by atoms with van der Waals surface area (Å²) in [7, 11) is 0. The minimum absolute atomic E-state index is 0.120. The van der Waals surface area contributed by atoms with Gasteiger partial charge in [-0.1, -0.05) is 13.0 Å². The molecule has 0 radical (unpaired) electrons. The second-order valence-corrected chi connectivity index (χ2v) is 5.83. The molecule has 0 N–H and O–H groups in total. The van der Waals surface area contributed by atoms with Crippen molar-refractivity contribution in [3.05, 3.63) is 53.6 Å². The van der Waals surface area contributed by atoms with Gasteiger partial charge in [0.25, 0.3) is 0 Å². The van der Waals surface area contributed by atoms with Gasteiger partial charge in [0.15, 0.2) is 11.6 Å². The Labute approximate surface area is 133 Å². The Hall–Kier alpha value is -2.24. The SMILES string of the molecule is CCC(=O)N(Cc1nccn1Cc1ccc(F)c(F)c1)C1CC1. The number of hydrogen-bond acceptors (Lipinski definition) is 2. The molecule has 122 valence electrons. The molecule has 1 saturated carbocycles. The fourth-order valence-corrected chi connectivity index (χ4v) is 2.63. The number of halogens is 2. The summed E-state index contributed by atoms with van der Waals surface area (Å²) in [6.45, 7) is 2.70. The Morgan fingerprint density at radius 2 is 2.13 bits per heavy atom. The third kappa shape index (κ3) is 3.57. The molecule has 6 heteroatoms. The van der Waals surface area contributed by atoms with Gasteiger partial charge in [0.1, 0.15) is 5.82 Å². The molecule has 1 aliphatic carbocycles. The molecule has 1 amide bonds. The number of rotatable bonds is 6. The van der Waals surface area contributed by atoms with Gasteiger partial charge in [-0.15, -0.1) is 0 Å². The van der Waals surface area contributed by atoms with E-state index in [1.807, 2.05) is 16.4 Å². The molecule has 0 atom stereocenters. The van der Waals surface area contributed by atoms with Crippen LogP contribution in [0.3, 0.4) is 0 Å². The first-order valence-corrected chi connectivity index (χ1v) is 7.82. The van der Waals surface area contributed by atoms with Gasteiger partial charge in [-0.2, -0.15) is 0 Å². The van der Waals surface area contributed by atoms with Crippen molar-refractivity contribution in [2.75, 3.05) is 0 Å². The lowest BCUT2D eigenvalue weighted by atomic mass is 10.2. The summed E-state index contributed by atoms with van der Waals surface area (Å²) in [5.74, 6) is -0.837. The van der Waals surface area contributed by atoms with Crippen LogP contribution in [0.15, 0.2) is 30.6 Å². The van der Waals surface area contributed by atoms with E-state index in [-0.39, 0.29) is 5.91 Å². The molecule has 0 aliphatic heterocycles. The first-order valence-electron chi connectivity index (χ1n) is 7.82. The Bertz CT molecular complexity index is 710. The zero-order valence-electron chi connectivity index (χ0n) is 13.0. The monoisotopic (exact) mass is 319 g/mol. The Kier molecular flexibility index (Phi) is 4.41. The van der Waals surface area contributed by atoms with Crippen LogP contribution in [-0.2, 0) is 17.9 Å². The average molecular weight is 319 g/mol. The molecule has 0 spiro atoms. The molecule has 2 aromatic rings. The minimum Gasteiger partial charge on any atom is -0.332 e. The average Bonchev–Trinajstić information content (AvgIpc) is 3.29. The fourth-order valence-electron chi connectivity index (χ4n) is 2.63. The number of aromatic nitrogens is 2. The van der Waals surface area contributed by atoms with Gasteiger partial charge in [0, 0.05) is 31.4 Å². The number of carbonyl (C=O) groups excluding carboxylic acids is 1. The highest BCUT2D eigenvalue weighted by atomic mass is 19.2. The van der Waals surface area contributed by atoms with E-state index in [4.69, 9.17) is 0 Å². The second kappa shape index (κ2) is 6.48. The zero-order chi connectivity index (χ0) is 16.4. The van der Waals surface area contributed by atoms with Gasteiger partial charge in [0.05, 0.1) is 6.54 Å². The summed E-state index contributed by atoms with van der Waals surface area (Å²) in [4.78, 5) is 18.3. The number of amides is 1. The normalized spacial score (nSPS) is 14.0. The molecule has 4 nitrogen and oxygen atoms in total. The highest BCUT2D eigenvalue weighted by molar-refractivity contribution is 5.76. The molecule has 0 bridgehead atoms. The lowest BCUT2D eigenvalue weighted by molar-refractivity contribution is -0.132. The van der Waals surface area contributed by atoms with Crippen molar-refractivity contribution in [3.63, 3.8) is 0 Å². The van der Waals surface area contributed by atoms with E-state index in [1.54, 1.807) is 18.5 Å². The van der Waals surface area contributed by atoms with Crippen molar-refractivity contribution in [1.82, 2.24) is 14.5 Å². The maximum Gasteiger partial charge on any atom is 0.222 e. The number of benzene rings is 1. The van der Waals surface area contributed by atoms with Crippen LogP contribution >= 0.6 is 0 Å². The third-order valence-corrected chi connectivity index (χ3v) is 4.06. The van der Waals surface area contributed by atoms with Crippen molar-refractivity contribution in [3.8, 4) is 0 Å². The van der Waals surface area contributed by atoms with Crippen molar-refractivity contribution in [2.24, 2.45) is 0 Å². The predicted molar refractivity (Wildman–Crippen MR) is 81.6 cm³/mol. The van der Waals surface area contributed by atoms with Crippen LogP contribution in [0.4, 0.5) is 8.78 Å². The highest BCUT2D eigenvalue weighted by Gasteiger charge is 2.32. The standard InChI is InChI=1S/C17H19F2N3O/c1-2-17(23)22(13-4-5-13)11-16-20-7-8-21(16)10-12-3-6-14(18)15(19)9-12/h3,6-9,13H,2,4-5,10-11H2,1H3. The molecule has 1 aromatic carbocycles. The molecule has 1 aliphatic rings. The molecule has 3 rings (SSSR count). The molecular formula is C17H19F2N3O. The van der Waals surface area contributed by atoms with Crippen LogP contribution in [0.2, 0.25) is 0 Å². The van der Waals surface area contributed by atoms with Gasteiger partial charge in [0.2, 0.25) is 5.91 Å². The summed E-state index contributed by atoms with van der Waals surface area (Å²) >= 11 is 0. The predicted octanol–water partition coefficient (Wildman–Crippen LogP) is 3.11. The zero-order valence-corrected chi connectivity index (χ0v) is 13.0. The van der Waals surface area contributed by atoms with Gasteiger partial charge in [-0.05, 0) is 30.5 Å². The maximum atomic E-state index is 13.3. The van der Waals surface area contributed by atoms with Crippen LogP contribution in [-0.4, -0.2) is 26.4 Å². The van der Waals surface area contributed by atoms with Crippen molar-refractivity contribution in [2.45, 2.75) is 45.3 Å². The van der Waals surface area contributed by atoms with Crippen LogP contribution in [0.25, 0.3) is 0 Å². The Morgan fingerprint density at radius 1 is 1.35 bits per heavy atom.